The highest BCUT2D eigenvalue weighted by Gasteiger charge is 2.46. The molecule has 2 unspecified atom stereocenters. The number of aryl methyl sites for hydroxylation is 1. The number of nitrogens with zero attached hydrogens (tertiary/aromatic N) is 7. The van der Waals surface area contributed by atoms with E-state index < -0.39 is 12.1 Å². The van der Waals surface area contributed by atoms with Crippen molar-refractivity contribution in [2.45, 2.75) is 37.1 Å². The van der Waals surface area contributed by atoms with Crippen LogP contribution < -0.4 is 4.90 Å². The van der Waals surface area contributed by atoms with E-state index in [0.29, 0.717) is 12.1 Å². The van der Waals surface area contributed by atoms with Crippen LogP contribution in [0.15, 0.2) is 24.7 Å². The van der Waals surface area contributed by atoms with Gasteiger partial charge in [0.25, 0.3) is 0 Å². The number of imidazole rings is 1. The molecule has 2 N–H and O–H groups in total. The molecule has 0 amide bonds. The molecule has 0 saturated carbocycles. The van der Waals surface area contributed by atoms with E-state index in [2.05, 4.69) is 42.9 Å². The third-order valence-corrected chi connectivity index (χ3v) is 6.93. The Balaban J connectivity index is 0.000000320. The average molecular weight is 493 g/mol. The normalized spacial score (nSPS) is 23.3. The summed E-state index contributed by atoms with van der Waals surface area (Å²) in [5.41, 5.74) is 4.02. The largest absolute Gasteiger partial charge is 0.490 e. The highest BCUT2D eigenvalue weighted by atomic mass is 19.4. The number of rotatable bonds is 3. The van der Waals surface area contributed by atoms with Crippen molar-refractivity contribution in [3.05, 3.63) is 24.7 Å². The lowest BCUT2D eigenvalue weighted by Gasteiger charge is -2.51. The molecule has 2 atom stereocenters. The number of carboxylic acid groups (broad SMARTS) is 1. The van der Waals surface area contributed by atoms with Gasteiger partial charge in [-0.2, -0.15) is 18.3 Å². The molecule has 6 heterocycles. The Morgan fingerprint density at radius 3 is 2.31 bits per heavy atom. The van der Waals surface area contributed by atoms with Crippen LogP contribution in [0.25, 0.3) is 22.6 Å². The van der Waals surface area contributed by atoms with E-state index >= 15 is 0 Å². The molecule has 3 aliphatic heterocycles. The van der Waals surface area contributed by atoms with Crippen LogP contribution in [-0.2, 0) is 11.8 Å². The number of carboxylic acids is 1. The van der Waals surface area contributed by atoms with Gasteiger partial charge in [-0.25, -0.2) is 14.8 Å². The molecule has 3 aliphatic rings. The first kappa shape index (κ1) is 23.5. The molecular formula is C22H27F3N8O2. The standard InChI is InChI=1S/C20H26N8.C2HF3O2/c1-25-9-16(10-25)28-14-3-4-15(28)12-27(11-14)17-5-6-21-20-18(17)23-19(24-20)13-7-22-26(2)8-13;3-2(4,5)1(6)7/h5-8,14-16H,3-4,9-12H2,1-2H3,(H,21,23,24);(H,6,7). The van der Waals surface area contributed by atoms with Gasteiger partial charge >= 0.3 is 12.1 Å². The number of fused-ring (bicyclic) bond motifs is 3. The van der Waals surface area contributed by atoms with Gasteiger partial charge < -0.3 is 19.9 Å². The van der Waals surface area contributed by atoms with Crippen LogP contribution in [0.2, 0.25) is 0 Å². The first-order chi connectivity index (χ1) is 16.6. The zero-order chi connectivity index (χ0) is 24.9. The Labute approximate surface area is 199 Å². The molecule has 3 aromatic heterocycles. The lowest BCUT2D eigenvalue weighted by atomic mass is 10.0. The zero-order valence-corrected chi connectivity index (χ0v) is 19.4. The van der Waals surface area contributed by atoms with Crippen molar-refractivity contribution in [3.8, 4) is 11.4 Å². The topological polar surface area (TPSA) is 106 Å². The van der Waals surface area contributed by atoms with Crippen LogP contribution >= 0.6 is 0 Å². The monoisotopic (exact) mass is 492 g/mol. The van der Waals surface area contributed by atoms with Crippen LogP contribution in [0.1, 0.15) is 12.8 Å². The van der Waals surface area contributed by atoms with Crippen molar-refractivity contribution in [2.24, 2.45) is 7.05 Å². The SMILES string of the molecule is CN1CC(N2C3CCC2CN(c2ccnc4[nH]c(-c5cnn(C)c5)nc24)C3)C1.O=C(O)C(F)(F)F. The third kappa shape index (κ3) is 4.57. The van der Waals surface area contributed by atoms with Gasteiger partial charge in [-0.15, -0.1) is 0 Å². The van der Waals surface area contributed by atoms with Crippen molar-refractivity contribution in [1.29, 1.82) is 0 Å². The number of aliphatic carboxylic acids is 1. The molecule has 188 valence electrons. The predicted molar refractivity (Wildman–Crippen MR) is 122 cm³/mol. The van der Waals surface area contributed by atoms with E-state index in [4.69, 9.17) is 14.9 Å². The van der Waals surface area contributed by atoms with Gasteiger partial charge in [0.2, 0.25) is 0 Å². The van der Waals surface area contributed by atoms with Gasteiger partial charge in [0, 0.05) is 63.7 Å². The summed E-state index contributed by atoms with van der Waals surface area (Å²) in [6, 6.07) is 4.21. The highest BCUT2D eigenvalue weighted by molar-refractivity contribution is 5.88. The number of alkyl halides is 3. The second-order valence-electron chi connectivity index (χ2n) is 9.43. The first-order valence-electron chi connectivity index (χ1n) is 11.4. The van der Waals surface area contributed by atoms with Crippen LogP contribution in [0.5, 0.6) is 0 Å². The summed E-state index contributed by atoms with van der Waals surface area (Å²) in [7, 11) is 4.14. The Morgan fingerprint density at radius 1 is 1.11 bits per heavy atom. The number of nitrogens with one attached hydrogen (secondary N) is 1. The van der Waals surface area contributed by atoms with Crippen molar-refractivity contribution < 1.29 is 23.1 Å². The molecule has 3 fully saturated rings. The molecule has 6 rings (SSSR count). The Hall–Kier alpha value is -3.19. The maximum absolute atomic E-state index is 10.6. The lowest BCUT2D eigenvalue weighted by molar-refractivity contribution is -0.192. The van der Waals surface area contributed by atoms with E-state index in [9.17, 15) is 13.2 Å². The summed E-state index contributed by atoms with van der Waals surface area (Å²) in [6.07, 6.45) is 3.27. The fourth-order valence-corrected chi connectivity index (χ4v) is 5.42. The number of halogens is 3. The number of hydrogen-bond acceptors (Lipinski definition) is 7. The van der Waals surface area contributed by atoms with Crippen molar-refractivity contribution >= 4 is 22.8 Å². The molecule has 0 aromatic carbocycles. The number of pyridine rings is 1. The second kappa shape index (κ2) is 8.79. The van der Waals surface area contributed by atoms with Crippen LogP contribution in [0, 0.1) is 0 Å². The minimum atomic E-state index is -5.08. The molecule has 10 nitrogen and oxygen atoms in total. The number of likely N-dealkylation sites (N-methyl/N-ethyl adjacent to an activating group) is 1. The third-order valence-electron chi connectivity index (χ3n) is 6.93. The number of piperazine rings is 1. The lowest BCUT2D eigenvalue weighted by Crippen LogP contribution is -2.66. The highest BCUT2D eigenvalue weighted by Crippen LogP contribution is 2.37. The number of hydrogen-bond donors (Lipinski definition) is 2. The molecule has 35 heavy (non-hydrogen) atoms. The maximum Gasteiger partial charge on any atom is 0.490 e. The summed E-state index contributed by atoms with van der Waals surface area (Å²) < 4.78 is 33.5. The van der Waals surface area contributed by atoms with Crippen LogP contribution in [0.3, 0.4) is 0 Å². The van der Waals surface area contributed by atoms with Gasteiger partial charge in [0.1, 0.15) is 11.3 Å². The molecule has 13 heteroatoms. The molecule has 3 saturated heterocycles. The van der Waals surface area contributed by atoms with E-state index in [1.54, 1.807) is 4.68 Å². The number of likely N-dealkylation sites (tertiary alicyclic amines) is 1. The summed E-state index contributed by atoms with van der Waals surface area (Å²) >= 11 is 0. The smallest absolute Gasteiger partial charge is 0.475 e. The second-order valence-corrected chi connectivity index (χ2v) is 9.43. The van der Waals surface area contributed by atoms with Crippen molar-refractivity contribution in [1.82, 2.24) is 34.5 Å². The number of aromatic amines is 1. The molecule has 2 bridgehead atoms. The Kier molecular flexibility index (Phi) is 5.91. The summed E-state index contributed by atoms with van der Waals surface area (Å²) in [6.45, 7) is 4.62. The average Bonchev–Trinajstić information content (AvgIpc) is 3.46. The quantitative estimate of drug-likeness (QED) is 0.572. The summed E-state index contributed by atoms with van der Waals surface area (Å²) in [5, 5.41) is 11.4. The predicted octanol–water partition coefficient (Wildman–Crippen LogP) is 1.96. The molecular weight excluding hydrogens is 465 g/mol. The fourth-order valence-electron chi connectivity index (χ4n) is 5.42. The van der Waals surface area contributed by atoms with Gasteiger partial charge in [-0.3, -0.25) is 9.58 Å². The van der Waals surface area contributed by atoms with E-state index in [0.717, 1.165) is 41.7 Å². The number of anilines is 1. The number of carbonyl (C=O) groups is 1. The minimum absolute atomic E-state index is 0.664. The molecule has 0 aliphatic carbocycles. The van der Waals surface area contributed by atoms with E-state index in [1.165, 1.54) is 31.6 Å². The molecule has 3 aromatic rings. The fraction of sp³-hybridized carbons (Fsp3) is 0.545. The number of aromatic nitrogens is 5. The van der Waals surface area contributed by atoms with Crippen molar-refractivity contribution in [3.63, 3.8) is 0 Å². The van der Waals surface area contributed by atoms with Crippen molar-refractivity contribution in [2.75, 3.05) is 38.1 Å². The first-order valence-corrected chi connectivity index (χ1v) is 11.4. The summed E-state index contributed by atoms with van der Waals surface area (Å²) in [4.78, 5) is 29.5. The van der Waals surface area contributed by atoms with E-state index in [1.807, 2.05) is 25.6 Å². The zero-order valence-electron chi connectivity index (χ0n) is 19.4. The molecule has 0 spiro atoms. The van der Waals surface area contributed by atoms with Gasteiger partial charge in [0.05, 0.1) is 17.4 Å². The number of H-pyrrole nitrogens is 1. The van der Waals surface area contributed by atoms with Gasteiger partial charge in [-0.1, -0.05) is 0 Å². The minimum Gasteiger partial charge on any atom is -0.475 e. The van der Waals surface area contributed by atoms with Gasteiger partial charge in [-0.05, 0) is 26.0 Å². The maximum atomic E-state index is 10.6. The van der Waals surface area contributed by atoms with Gasteiger partial charge in [0.15, 0.2) is 5.65 Å². The molecule has 0 radical (unpaired) electrons. The van der Waals surface area contributed by atoms with Crippen LogP contribution in [0.4, 0.5) is 18.9 Å². The Bertz CT molecular complexity index is 1200. The van der Waals surface area contributed by atoms with Crippen LogP contribution in [-0.4, -0.2) is 103 Å². The summed E-state index contributed by atoms with van der Waals surface area (Å²) in [5.74, 6) is -1.92. The Morgan fingerprint density at radius 2 is 1.77 bits per heavy atom. The van der Waals surface area contributed by atoms with E-state index in [-0.39, 0.29) is 0 Å².